The summed E-state index contributed by atoms with van der Waals surface area (Å²) in [5.74, 6) is 10.6. The molecule has 0 unspecified atom stereocenters. The molecule has 11 heavy (non-hydrogen) atoms. The number of nitrogens with two attached hydrogens (primary N) is 2. The summed E-state index contributed by atoms with van der Waals surface area (Å²) in [4.78, 5) is 0. The lowest BCUT2D eigenvalue weighted by molar-refractivity contribution is 0.547. The number of rotatable bonds is 0. The average Bonchev–Trinajstić information content (AvgIpc) is 1.80. The van der Waals surface area contributed by atoms with Crippen LogP contribution in [0.5, 0.6) is 0 Å². The highest BCUT2D eigenvalue weighted by Crippen LogP contribution is 2.24. The molecule has 0 rings (SSSR count). The lowest BCUT2D eigenvalue weighted by atomic mass is 10.3. The molecule has 0 bridgehead atoms. The van der Waals surface area contributed by atoms with Crippen molar-refractivity contribution in [2.75, 3.05) is 7.05 Å². The Balaban J connectivity index is 4.12. The minimum Gasteiger partial charge on any atom is -0.321 e. The predicted octanol–water partition coefficient (Wildman–Crippen LogP) is 0.553. The number of thioether (sulfide) groups is 1. The zero-order chi connectivity index (χ0) is 9.07. The first-order valence-electron chi connectivity index (χ1n) is 3.32. The van der Waals surface area contributed by atoms with Gasteiger partial charge in [0.05, 0.1) is 0 Å². The van der Waals surface area contributed by atoms with Crippen molar-refractivity contribution in [2.45, 2.75) is 25.5 Å². The standard InChI is InChI=1S/C6H16N4S/c1-6(2,3)11-5(9-7)10(4)8/h7-8H2,1-4H3/b9-5+. The summed E-state index contributed by atoms with van der Waals surface area (Å²) in [5, 5.41) is 5.60. The maximum atomic E-state index is 5.46. The molecule has 0 aromatic rings. The lowest BCUT2D eigenvalue weighted by Crippen LogP contribution is -2.34. The van der Waals surface area contributed by atoms with Crippen molar-refractivity contribution in [1.29, 1.82) is 0 Å². The number of amidine groups is 1. The van der Waals surface area contributed by atoms with Crippen molar-refractivity contribution in [2.24, 2.45) is 16.8 Å². The second-order valence-electron chi connectivity index (χ2n) is 3.24. The third-order valence-corrected chi connectivity index (χ3v) is 2.00. The third-order valence-electron chi connectivity index (χ3n) is 0.810. The van der Waals surface area contributed by atoms with E-state index in [4.69, 9.17) is 11.7 Å². The summed E-state index contributed by atoms with van der Waals surface area (Å²) < 4.78 is 0.0891. The fourth-order valence-electron chi connectivity index (χ4n) is 0.463. The van der Waals surface area contributed by atoms with E-state index in [9.17, 15) is 0 Å². The molecule has 4 N–H and O–H groups in total. The van der Waals surface area contributed by atoms with E-state index in [0.717, 1.165) is 0 Å². The Labute approximate surface area is 72.0 Å². The minimum absolute atomic E-state index is 0.0891. The van der Waals surface area contributed by atoms with Crippen LogP contribution in [0.2, 0.25) is 0 Å². The second kappa shape index (κ2) is 3.82. The van der Waals surface area contributed by atoms with Gasteiger partial charge in [-0.25, -0.2) is 5.84 Å². The topological polar surface area (TPSA) is 67.6 Å². The van der Waals surface area contributed by atoms with E-state index in [2.05, 4.69) is 25.9 Å². The van der Waals surface area contributed by atoms with Crippen LogP contribution in [0.1, 0.15) is 20.8 Å². The molecule has 0 aliphatic carbocycles. The van der Waals surface area contributed by atoms with E-state index < -0.39 is 0 Å². The highest BCUT2D eigenvalue weighted by atomic mass is 32.2. The highest BCUT2D eigenvalue weighted by Gasteiger charge is 2.16. The molecule has 0 atom stereocenters. The van der Waals surface area contributed by atoms with Gasteiger partial charge < -0.3 is 5.84 Å². The molecule has 0 aliphatic rings. The van der Waals surface area contributed by atoms with Crippen LogP contribution in [-0.4, -0.2) is 22.0 Å². The van der Waals surface area contributed by atoms with Gasteiger partial charge in [0.1, 0.15) is 0 Å². The molecule has 0 saturated carbocycles. The van der Waals surface area contributed by atoms with E-state index in [1.165, 1.54) is 16.8 Å². The van der Waals surface area contributed by atoms with Crippen molar-refractivity contribution in [3.8, 4) is 0 Å². The molecule has 0 aromatic carbocycles. The first kappa shape index (κ1) is 10.6. The molecule has 0 aromatic heterocycles. The Hall–Kier alpha value is -0.420. The highest BCUT2D eigenvalue weighted by molar-refractivity contribution is 8.14. The van der Waals surface area contributed by atoms with E-state index in [0.29, 0.717) is 5.17 Å². The number of hydrogen-bond acceptors (Lipinski definition) is 4. The van der Waals surface area contributed by atoms with Gasteiger partial charge in [-0.3, -0.25) is 5.01 Å². The number of hydrazine groups is 1. The van der Waals surface area contributed by atoms with Crippen LogP contribution in [-0.2, 0) is 0 Å². The van der Waals surface area contributed by atoms with Crippen LogP contribution in [0.25, 0.3) is 0 Å². The quantitative estimate of drug-likeness (QED) is 0.245. The molecular formula is C6H16N4S. The van der Waals surface area contributed by atoms with Crippen molar-refractivity contribution >= 4 is 16.9 Å². The van der Waals surface area contributed by atoms with Crippen LogP contribution < -0.4 is 11.7 Å². The molecule has 4 nitrogen and oxygen atoms in total. The first-order chi connectivity index (χ1) is 4.87. The summed E-state index contributed by atoms with van der Waals surface area (Å²) in [6.07, 6.45) is 0. The Morgan fingerprint density at radius 2 is 1.91 bits per heavy atom. The second-order valence-corrected chi connectivity index (χ2v) is 5.03. The maximum Gasteiger partial charge on any atom is 0.196 e. The first-order valence-corrected chi connectivity index (χ1v) is 4.14. The monoisotopic (exact) mass is 176 g/mol. The molecule has 0 fully saturated rings. The molecule has 0 saturated heterocycles. The summed E-state index contributed by atoms with van der Waals surface area (Å²) in [6.45, 7) is 6.23. The van der Waals surface area contributed by atoms with Crippen LogP contribution in [0.4, 0.5) is 0 Å². The number of hydrogen-bond donors (Lipinski definition) is 2. The van der Waals surface area contributed by atoms with Gasteiger partial charge in [-0.2, -0.15) is 5.10 Å². The lowest BCUT2D eigenvalue weighted by Gasteiger charge is -2.21. The minimum atomic E-state index is 0.0891. The average molecular weight is 176 g/mol. The third kappa shape index (κ3) is 4.92. The normalized spacial score (nSPS) is 13.4. The van der Waals surface area contributed by atoms with Crippen LogP contribution in [0.3, 0.4) is 0 Å². The Kier molecular flexibility index (Phi) is 3.68. The van der Waals surface area contributed by atoms with Crippen molar-refractivity contribution in [3.05, 3.63) is 0 Å². The van der Waals surface area contributed by atoms with Crippen LogP contribution in [0, 0.1) is 0 Å². The van der Waals surface area contributed by atoms with Crippen molar-refractivity contribution < 1.29 is 0 Å². The van der Waals surface area contributed by atoms with E-state index in [1.807, 2.05) is 0 Å². The zero-order valence-electron chi connectivity index (χ0n) is 7.46. The predicted molar refractivity (Wildman–Crippen MR) is 50.9 cm³/mol. The molecule has 0 radical (unpaired) electrons. The fraction of sp³-hybridized carbons (Fsp3) is 0.833. The maximum absolute atomic E-state index is 5.46. The smallest absolute Gasteiger partial charge is 0.196 e. The van der Waals surface area contributed by atoms with Crippen LogP contribution >= 0.6 is 11.8 Å². The summed E-state index contributed by atoms with van der Waals surface area (Å²) >= 11 is 1.54. The molecule has 0 heterocycles. The Morgan fingerprint density at radius 1 is 1.45 bits per heavy atom. The van der Waals surface area contributed by atoms with Gasteiger partial charge in [0.25, 0.3) is 0 Å². The molecule has 0 spiro atoms. The molecule has 0 amide bonds. The van der Waals surface area contributed by atoms with Gasteiger partial charge in [-0.15, -0.1) is 0 Å². The van der Waals surface area contributed by atoms with E-state index in [1.54, 1.807) is 7.05 Å². The Bertz CT molecular complexity index is 147. The molecule has 5 heteroatoms. The van der Waals surface area contributed by atoms with Gasteiger partial charge in [0, 0.05) is 11.8 Å². The van der Waals surface area contributed by atoms with Gasteiger partial charge in [-0.05, 0) is 0 Å². The van der Waals surface area contributed by atoms with Crippen LogP contribution in [0.15, 0.2) is 5.10 Å². The summed E-state index contributed by atoms with van der Waals surface area (Å²) in [7, 11) is 1.71. The number of nitrogens with zero attached hydrogens (tertiary/aromatic N) is 2. The van der Waals surface area contributed by atoms with Crippen molar-refractivity contribution in [3.63, 3.8) is 0 Å². The number of hydrazone groups is 1. The molecular weight excluding hydrogens is 160 g/mol. The molecule has 66 valence electrons. The summed E-state index contributed by atoms with van der Waals surface area (Å²) in [5.41, 5.74) is 0. The summed E-state index contributed by atoms with van der Waals surface area (Å²) in [6, 6.07) is 0. The van der Waals surface area contributed by atoms with Crippen molar-refractivity contribution in [1.82, 2.24) is 5.01 Å². The van der Waals surface area contributed by atoms with Gasteiger partial charge >= 0.3 is 0 Å². The van der Waals surface area contributed by atoms with E-state index >= 15 is 0 Å². The molecule has 0 aliphatic heterocycles. The van der Waals surface area contributed by atoms with Gasteiger partial charge in [0.15, 0.2) is 5.17 Å². The zero-order valence-corrected chi connectivity index (χ0v) is 8.27. The SMILES string of the molecule is CN(N)/C(=N\N)SC(C)(C)C. The van der Waals surface area contributed by atoms with Gasteiger partial charge in [0.2, 0.25) is 0 Å². The fourth-order valence-corrected chi connectivity index (χ4v) is 1.21. The van der Waals surface area contributed by atoms with Gasteiger partial charge in [-0.1, -0.05) is 32.5 Å². The van der Waals surface area contributed by atoms with E-state index in [-0.39, 0.29) is 4.75 Å². The largest absolute Gasteiger partial charge is 0.321 e. The Morgan fingerprint density at radius 3 is 2.00 bits per heavy atom.